The van der Waals surface area contributed by atoms with Gasteiger partial charge in [0, 0.05) is 6.20 Å². The highest BCUT2D eigenvalue weighted by Crippen LogP contribution is 1.89. The van der Waals surface area contributed by atoms with Crippen LogP contribution in [0.5, 0.6) is 0 Å². The minimum Gasteiger partial charge on any atom is -0.273 e. The fourth-order valence-electron chi connectivity index (χ4n) is 0.525. The molecule has 0 unspecified atom stereocenters. The highest BCUT2D eigenvalue weighted by atomic mass is 16.7. The Morgan fingerprint density at radius 3 is 3.00 bits per heavy atom. The van der Waals surface area contributed by atoms with Gasteiger partial charge in [0.15, 0.2) is 5.03 Å². The van der Waals surface area contributed by atoms with Crippen LogP contribution in [0.15, 0.2) is 12.3 Å². The molecule has 1 heterocycles. The van der Waals surface area contributed by atoms with Crippen LogP contribution in [0.25, 0.3) is 0 Å². The second kappa shape index (κ2) is 2.78. The number of nitrogens with zero attached hydrogens (tertiary/aromatic N) is 2. The summed E-state index contributed by atoms with van der Waals surface area (Å²) >= 11 is 0. The molecule has 0 aliphatic heterocycles. The van der Waals surface area contributed by atoms with Crippen molar-refractivity contribution in [2.45, 2.75) is 0 Å². The number of nitro groups is 1. The smallest absolute Gasteiger partial charge is 0.273 e. The van der Waals surface area contributed by atoms with E-state index in [9.17, 15) is 14.9 Å². The molecule has 0 aliphatic rings. The Morgan fingerprint density at radius 2 is 2.55 bits per heavy atom. The molecule has 1 amide bonds. The molecule has 0 bridgehead atoms. The number of hydrazine groups is 1. The maximum Gasteiger partial charge on any atom is 0.328 e. The molecule has 7 nitrogen and oxygen atoms in total. The lowest BCUT2D eigenvalue weighted by Gasteiger charge is -1.90. The molecule has 1 aromatic heterocycles. The summed E-state index contributed by atoms with van der Waals surface area (Å²) in [5.41, 5.74) is 1.51. The molecule has 0 atom stereocenters. The summed E-state index contributed by atoms with van der Waals surface area (Å²) in [6.45, 7) is 0. The van der Waals surface area contributed by atoms with Crippen LogP contribution in [-0.2, 0) is 0 Å². The van der Waals surface area contributed by atoms with Crippen molar-refractivity contribution >= 4 is 5.91 Å². The minimum absolute atomic E-state index is 0.0571. The molecule has 1 rings (SSSR count). The molecule has 0 fully saturated rings. The first-order valence-corrected chi connectivity index (χ1v) is 2.65. The number of H-pyrrole nitrogens is 1. The van der Waals surface area contributed by atoms with E-state index in [2.05, 4.69) is 10.2 Å². The van der Waals surface area contributed by atoms with Crippen molar-refractivity contribution in [3.05, 3.63) is 28.1 Å². The molecule has 0 aromatic carbocycles. The van der Waals surface area contributed by atoms with E-state index < -0.39 is 10.9 Å². The summed E-state index contributed by atoms with van der Waals surface area (Å²) in [6.07, 6.45) is 1.33. The van der Waals surface area contributed by atoms with Crippen molar-refractivity contribution in [2.75, 3.05) is 0 Å². The van der Waals surface area contributed by atoms with Gasteiger partial charge in [-0.1, -0.05) is 5.43 Å². The van der Waals surface area contributed by atoms with E-state index in [1.54, 1.807) is 0 Å². The van der Waals surface area contributed by atoms with Crippen molar-refractivity contribution in [3.8, 4) is 0 Å². The normalized spacial score (nSPS) is 9.09. The van der Waals surface area contributed by atoms with Crippen molar-refractivity contribution in [3.63, 3.8) is 0 Å². The predicted molar refractivity (Wildman–Crippen MR) is 33.0 cm³/mol. The van der Waals surface area contributed by atoms with Gasteiger partial charge in [0.25, 0.3) is 0 Å². The van der Waals surface area contributed by atoms with Gasteiger partial charge in [0.1, 0.15) is 5.69 Å². The quantitative estimate of drug-likeness (QED) is 0.438. The number of aromatic nitrogens is 2. The van der Waals surface area contributed by atoms with Crippen LogP contribution in [0.4, 0.5) is 0 Å². The fraction of sp³-hybridized carbons (Fsp3) is 0. The molecule has 1 aromatic rings. The summed E-state index contributed by atoms with van der Waals surface area (Å²) in [5, 5.41) is 14.5. The molecular formula is C4H4N4O3. The van der Waals surface area contributed by atoms with Crippen molar-refractivity contribution < 1.29 is 9.83 Å². The maximum absolute atomic E-state index is 10.7. The number of amides is 1. The summed E-state index contributed by atoms with van der Waals surface area (Å²) in [6, 6.07) is 1.33. The summed E-state index contributed by atoms with van der Waals surface area (Å²) in [4.78, 5) is 20.4. The van der Waals surface area contributed by atoms with E-state index in [1.165, 1.54) is 17.7 Å². The van der Waals surface area contributed by atoms with Gasteiger partial charge in [0.05, 0.1) is 0 Å². The molecule has 0 saturated heterocycles. The van der Waals surface area contributed by atoms with Crippen molar-refractivity contribution in [1.29, 1.82) is 0 Å². The number of rotatable bonds is 2. The van der Waals surface area contributed by atoms with Crippen molar-refractivity contribution in [1.82, 2.24) is 15.6 Å². The maximum atomic E-state index is 10.7. The topological polar surface area (TPSA) is 101 Å². The Balaban J connectivity index is 2.64. The van der Waals surface area contributed by atoms with Crippen LogP contribution in [-0.4, -0.2) is 21.1 Å². The Labute approximate surface area is 60.5 Å². The minimum atomic E-state index is -0.927. The molecule has 0 saturated carbocycles. The van der Waals surface area contributed by atoms with Gasteiger partial charge in [-0.05, 0) is 6.07 Å². The van der Waals surface area contributed by atoms with Gasteiger partial charge < -0.3 is 0 Å². The molecule has 0 radical (unpaired) electrons. The summed E-state index contributed by atoms with van der Waals surface area (Å²) in [5.74, 6) is -0.813. The highest BCUT2D eigenvalue weighted by molar-refractivity contribution is 5.91. The summed E-state index contributed by atoms with van der Waals surface area (Å²) in [7, 11) is 0. The Morgan fingerprint density at radius 1 is 1.82 bits per heavy atom. The van der Waals surface area contributed by atoms with E-state index in [0.29, 0.717) is 0 Å². The monoisotopic (exact) mass is 156 g/mol. The van der Waals surface area contributed by atoms with Gasteiger partial charge in [-0.15, -0.1) is 0 Å². The third kappa shape index (κ3) is 1.75. The number of carbonyl (C=O) groups excluding carboxylic acids is 1. The molecule has 7 heteroatoms. The molecule has 2 N–H and O–H groups in total. The van der Waals surface area contributed by atoms with Gasteiger partial charge in [-0.2, -0.15) is 5.10 Å². The SMILES string of the molecule is O=C(N[N+](=O)[O-])c1ccn[nH]1. The van der Waals surface area contributed by atoms with E-state index in [4.69, 9.17) is 0 Å². The van der Waals surface area contributed by atoms with Crippen LogP contribution in [0.1, 0.15) is 10.5 Å². The highest BCUT2D eigenvalue weighted by Gasteiger charge is 2.10. The lowest BCUT2D eigenvalue weighted by molar-refractivity contribution is -0.527. The van der Waals surface area contributed by atoms with E-state index >= 15 is 0 Å². The van der Waals surface area contributed by atoms with Crippen LogP contribution >= 0.6 is 0 Å². The van der Waals surface area contributed by atoms with E-state index in [1.807, 2.05) is 0 Å². The third-order valence-electron chi connectivity index (χ3n) is 0.938. The molecule has 58 valence electrons. The first-order valence-electron chi connectivity index (χ1n) is 2.65. The number of nitrogens with one attached hydrogen (secondary N) is 2. The number of aromatic amines is 1. The lowest BCUT2D eigenvalue weighted by Crippen LogP contribution is -2.29. The Hall–Kier alpha value is -1.92. The number of hydrogen-bond donors (Lipinski definition) is 2. The third-order valence-corrected chi connectivity index (χ3v) is 0.938. The zero-order chi connectivity index (χ0) is 8.27. The van der Waals surface area contributed by atoms with Gasteiger partial charge in [-0.25, -0.2) is 10.1 Å². The average Bonchev–Trinajstić information content (AvgIpc) is 2.35. The first-order chi connectivity index (χ1) is 5.20. The van der Waals surface area contributed by atoms with Gasteiger partial charge in [0.2, 0.25) is 0 Å². The van der Waals surface area contributed by atoms with Gasteiger partial charge >= 0.3 is 5.91 Å². The molecule has 0 spiro atoms. The zero-order valence-corrected chi connectivity index (χ0v) is 5.27. The van der Waals surface area contributed by atoms with E-state index in [-0.39, 0.29) is 5.69 Å². The molecular weight excluding hydrogens is 152 g/mol. The van der Waals surface area contributed by atoms with E-state index in [0.717, 1.165) is 0 Å². The van der Waals surface area contributed by atoms with Crippen LogP contribution in [0.2, 0.25) is 0 Å². The second-order valence-electron chi connectivity index (χ2n) is 1.67. The zero-order valence-electron chi connectivity index (χ0n) is 5.27. The largest absolute Gasteiger partial charge is 0.328 e. The Bertz CT molecular complexity index is 267. The van der Waals surface area contributed by atoms with Gasteiger partial charge in [-0.3, -0.25) is 9.89 Å². The molecule has 0 aliphatic carbocycles. The predicted octanol–water partition coefficient (Wildman–Crippen LogP) is -0.669. The standard InChI is InChI=1S/C4H4N4O3/c9-4(7-8(10)11)3-1-2-5-6-3/h1-2H,(H,5,6)(H,7,9). The lowest BCUT2D eigenvalue weighted by atomic mass is 10.4. The average molecular weight is 156 g/mol. The van der Waals surface area contributed by atoms with Crippen LogP contribution in [0, 0.1) is 10.1 Å². The summed E-state index contributed by atoms with van der Waals surface area (Å²) < 4.78 is 0. The Kier molecular flexibility index (Phi) is 1.81. The number of carbonyl (C=O) groups is 1. The van der Waals surface area contributed by atoms with Crippen molar-refractivity contribution in [2.24, 2.45) is 0 Å². The fourth-order valence-corrected chi connectivity index (χ4v) is 0.525. The first kappa shape index (κ1) is 7.19. The molecule has 11 heavy (non-hydrogen) atoms. The second-order valence-corrected chi connectivity index (χ2v) is 1.67. The van der Waals surface area contributed by atoms with Crippen LogP contribution < -0.4 is 5.43 Å². The number of hydrogen-bond acceptors (Lipinski definition) is 4. The van der Waals surface area contributed by atoms with Crippen LogP contribution in [0.3, 0.4) is 0 Å².